The van der Waals surface area contributed by atoms with E-state index in [0.29, 0.717) is 31.3 Å². The lowest BCUT2D eigenvalue weighted by molar-refractivity contribution is -0.228. The number of aliphatic imine (C=N–C) groups is 1. The van der Waals surface area contributed by atoms with Crippen molar-refractivity contribution in [1.82, 2.24) is 0 Å². The molecule has 0 aliphatic heterocycles. The van der Waals surface area contributed by atoms with Crippen molar-refractivity contribution in [2.45, 2.75) is 90.0 Å². The molecule has 218 valence electrons. The summed E-state index contributed by atoms with van der Waals surface area (Å²) in [5.74, 6) is -3.74. The van der Waals surface area contributed by atoms with Gasteiger partial charge in [0.15, 0.2) is 23.7 Å². The number of aliphatic hydroxyl groups excluding tert-OH is 1. The summed E-state index contributed by atoms with van der Waals surface area (Å²) in [6, 6.07) is 0. The number of allylic oxidation sites excluding steroid dienone is 4. The highest BCUT2D eigenvalue weighted by molar-refractivity contribution is 7.78. The first-order chi connectivity index (χ1) is 18.8. The van der Waals surface area contributed by atoms with E-state index in [1.807, 2.05) is 6.92 Å². The van der Waals surface area contributed by atoms with E-state index in [1.54, 1.807) is 26.8 Å². The Bertz CT molecular complexity index is 1210. The Hall–Kier alpha value is -2.55. The molecule has 0 bridgehead atoms. The van der Waals surface area contributed by atoms with Crippen LogP contribution in [0.2, 0.25) is 0 Å². The number of alkyl halides is 1. The molecule has 0 aromatic heterocycles. The Balaban J connectivity index is 1.75. The molecule has 3 fully saturated rings. The largest absolute Gasteiger partial charge is 0.456 e. The number of ether oxygens (including phenoxy) is 2. The van der Waals surface area contributed by atoms with E-state index < -0.39 is 76.8 Å². The number of unbranched alkanes of at least 4 members (excludes halogenated alkanes) is 1. The van der Waals surface area contributed by atoms with Crippen molar-refractivity contribution in [3.05, 3.63) is 23.8 Å². The van der Waals surface area contributed by atoms with Crippen LogP contribution >= 0.6 is 12.2 Å². The van der Waals surface area contributed by atoms with Crippen LogP contribution in [0.3, 0.4) is 0 Å². The van der Waals surface area contributed by atoms with Crippen molar-refractivity contribution in [2.24, 2.45) is 33.6 Å². The van der Waals surface area contributed by atoms with Crippen molar-refractivity contribution >= 4 is 40.9 Å². The van der Waals surface area contributed by atoms with Gasteiger partial charge >= 0.3 is 11.9 Å². The lowest BCUT2D eigenvalue weighted by Crippen LogP contribution is -2.70. The third-order valence-electron chi connectivity index (χ3n) is 10.2. The number of isothiocyanates is 1. The molecule has 0 radical (unpaired) electrons. The third kappa shape index (κ3) is 4.43. The molecule has 0 saturated heterocycles. The molecule has 10 heteroatoms. The van der Waals surface area contributed by atoms with E-state index in [-0.39, 0.29) is 18.6 Å². The number of halogens is 1. The van der Waals surface area contributed by atoms with Crippen LogP contribution in [0.15, 0.2) is 28.8 Å². The SMILES string of the molecule is CCCCC(=O)O[C@]1(C(=O)COC(=O)CN=C=S)[C@@H](C)C[C@H]2[C@@H]3CCC4=CC(=O)C=C[C@]4(C)[C@@]3(F)[C@@H](O)C[C@@]21C. The van der Waals surface area contributed by atoms with Gasteiger partial charge in [-0.3, -0.25) is 19.2 Å². The van der Waals surface area contributed by atoms with E-state index in [1.165, 1.54) is 12.2 Å². The number of esters is 2. The summed E-state index contributed by atoms with van der Waals surface area (Å²) in [7, 11) is 0. The molecule has 1 N–H and O–H groups in total. The quantitative estimate of drug-likeness (QED) is 0.246. The maximum atomic E-state index is 17.5. The molecule has 4 aliphatic carbocycles. The van der Waals surface area contributed by atoms with Crippen LogP contribution in [-0.4, -0.2) is 64.3 Å². The van der Waals surface area contributed by atoms with Crippen molar-refractivity contribution in [1.29, 1.82) is 0 Å². The topological polar surface area (TPSA) is 119 Å². The number of nitrogens with zero attached hydrogens (tertiary/aromatic N) is 1. The highest BCUT2D eigenvalue weighted by Gasteiger charge is 2.77. The number of Topliss-reactive ketones (excluding diaryl/α,β-unsaturated/α-hetero) is 1. The van der Waals surface area contributed by atoms with Crippen LogP contribution in [0.1, 0.15) is 72.6 Å². The molecule has 8 nitrogen and oxygen atoms in total. The van der Waals surface area contributed by atoms with E-state index in [4.69, 9.17) is 9.47 Å². The maximum Gasteiger partial charge on any atom is 0.328 e. The normalized spacial score (nSPS) is 39.6. The second-order valence-corrected chi connectivity index (χ2v) is 12.4. The first-order valence-corrected chi connectivity index (χ1v) is 14.5. The minimum atomic E-state index is -2.09. The number of carbonyl (C=O) groups is 4. The summed E-state index contributed by atoms with van der Waals surface area (Å²) in [5, 5.41) is 13.7. The summed E-state index contributed by atoms with van der Waals surface area (Å²) in [6.45, 7) is 6.20. The number of thiocarbonyl (C=S) groups is 1. The molecule has 0 aromatic rings. The molecule has 0 spiro atoms. The number of carbonyl (C=O) groups excluding carboxylic acids is 4. The third-order valence-corrected chi connectivity index (χ3v) is 10.4. The highest BCUT2D eigenvalue weighted by Crippen LogP contribution is 2.71. The second kappa shape index (κ2) is 11.0. The minimum absolute atomic E-state index is 0.103. The first-order valence-electron chi connectivity index (χ1n) is 14.1. The van der Waals surface area contributed by atoms with Crippen molar-refractivity contribution in [2.75, 3.05) is 13.2 Å². The summed E-state index contributed by atoms with van der Waals surface area (Å²) in [6.07, 6.45) is 5.42. The average Bonchev–Trinajstić information content (AvgIpc) is 3.12. The number of rotatable bonds is 9. The van der Waals surface area contributed by atoms with Gasteiger partial charge in [-0.1, -0.05) is 38.8 Å². The number of fused-ring (bicyclic) bond motifs is 5. The first kappa shape index (κ1) is 30.4. The summed E-state index contributed by atoms with van der Waals surface area (Å²) >= 11 is 4.48. The van der Waals surface area contributed by atoms with Gasteiger partial charge in [0, 0.05) is 29.1 Å². The molecular weight excluding hydrogens is 537 g/mol. The predicted octanol–water partition coefficient (Wildman–Crippen LogP) is 4.29. The Morgan fingerprint density at radius 1 is 1.25 bits per heavy atom. The van der Waals surface area contributed by atoms with E-state index in [0.717, 1.165) is 6.42 Å². The molecule has 8 atom stereocenters. The molecule has 4 aliphatic rings. The fourth-order valence-electron chi connectivity index (χ4n) is 8.35. The van der Waals surface area contributed by atoms with Gasteiger partial charge in [-0.15, -0.1) is 0 Å². The molecule has 40 heavy (non-hydrogen) atoms. The highest BCUT2D eigenvalue weighted by atomic mass is 32.1. The monoisotopic (exact) mass is 575 g/mol. The van der Waals surface area contributed by atoms with Gasteiger partial charge in [-0.05, 0) is 69.3 Å². The standard InChI is InChI=1S/C30H38FNO7S/c1-5-6-7-25(36)39-30(24(35)16-38-26(37)15-32-17-40)18(2)12-22-21-9-8-19-13-20(33)10-11-27(19,3)29(21,31)23(34)14-28(22,30)4/h10-11,13,18,21-23,34H,5-9,12,14-16H2,1-4H3/t18-,21-,22-,23-,27-,28-,29-,30-/m0/s1. The molecule has 0 unspecified atom stereocenters. The van der Waals surface area contributed by atoms with E-state index in [9.17, 15) is 24.3 Å². The fourth-order valence-corrected chi connectivity index (χ4v) is 8.41. The predicted molar refractivity (Wildman–Crippen MR) is 147 cm³/mol. The number of ketones is 2. The summed E-state index contributed by atoms with van der Waals surface area (Å²) in [5.41, 5.74) is -5.47. The molecule has 0 amide bonds. The molecule has 4 rings (SSSR count). The van der Waals surface area contributed by atoms with Crippen molar-refractivity contribution < 1.29 is 38.1 Å². The van der Waals surface area contributed by atoms with E-state index >= 15 is 4.39 Å². The molecule has 0 aromatic carbocycles. The zero-order valence-corrected chi connectivity index (χ0v) is 24.4. The number of aliphatic hydroxyl groups is 1. The van der Waals surface area contributed by atoms with Gasteiger partial charge in [0.1, 0.15) is 6.54 Å². The summed E-state index contributed by atoms with van der Waals surface area (Å²) < 4.78 is 28.8. The molecular formula is C30H38FNO7S. The van der Waals surface area contributed by atoms with E-state index in [2.05, 4.69) is 22.4 Å². The summed E-state index contributed by atoms with van der Waals surface area (Å²) in [4.78, 5) is 54.9. The molecule has 3 saturated carbocycles. The zero-order chi connectivity index (χ0) is 29.5. The second-order valence-electron chi connectivity index (χ2n) is 12.2. The average molecular weight is 576 g/mol. The zero-order valence-electron chi connectivity index (χ0n) is 23.5. The van der Waals surface area contributed by atoms with Crippen LogP contribution in [0.4, 0.5) is 4.39 Å². The molecule has 0 heterocycles. The van der Waals surface area contributed by atoms with Gasteiger partial charge in [0.05, 0.1) is 11.3 Å². The Morgan fingerprint density at radius 2 is 1.98 bits per heavy atom. The lowest BCUT2D eigenvalue weighted by Gasteiger charge is -2.62. The van der Waals surface area contributed by atoms with Gasteiger partial charge in [0.2, 0.25) is 5.78 Å². The Labute approximate surface area is 239 Å². The Kier molecular flexibility index (Phi) is 8.38. The fraction of sp³-hybridized carbons (Fsp3) is 0.700. The lowest BCUT2D eigenvalue weighted by atomic mass is 9.44. The smallest absolute Gasteiger partial charge is 0.328 e. The van der Waals surface area contributed by atoms with Crippen molar-refractivity contribution in [3.63, 3.8) is 0 Å². The van der Waals surface area contributed by atoms with Gasteiger partial charge in [-0.25, -0.2) is 9.38 Å². The number of hydrogen-bond donors (Lipinski definition) is 1. The van der Waals surface area contributed by atoms with Gasteiger partial charge in [0.25, 0.3) is 0 Å². The van der Waals surface area contributed by atoms with Crippen LogP contribution in [0.25, 0.3) is 0 Å². The van der Waals surface area contributed by atoms with Gasteiger partial charge in [-0.2, -0.15) is 0 Å². The van der Waals surface area contributed by atoms with Crippen LogP contribution in [-0.2, 0) is 28.7 Å². The van der Waals surface area contributed by atoms with Crippen molar-refractivity contribution in [3.8, 4) is 0 Å². The van der Waals surface area contributed by atoms with Crippen LogP contribution < -0.4 is 0 Å². The van der Waals surface area contributed by atoms with Crippen LogP contribution in [0, 0.1) is 28.6 Å². The van der Waals surface area contributed by atoms with Crippen LogP contribution in [0.5, 0.6) is 0 Å². The maximum absolute atomic E-state index is 17.5. The minimum Gasteiger partial charge on any atom is -0.456 e. The van der Waals surface area contributed by atoms with Gasteiger partial charge < -0.3 is 14.6 Å². The Morgan fingerprint density at radius 3 is 2.65 bits per heavy atom. The number of hydrogen-bond acceptors (Lipinski definition) is 9.